The third-order valence-electron chi connectivity index (χ3n) is 3.04. The maximum absolute atomic E-state index is 13.8. The second-order valence-electron chi connectivity index (χ2n) is 4.63. The van der Waals surface area contributed by atoms with Crippen LogP contribution >= 0.6 is 0 Å². The fourth-order valence-electron chi connectivity index (χ4n) is 1.93. The van der Waals surface area contributed by atoms with Crippen molar-refractivity contribution in [2.45, 2.75) is 32.9 Å². The summed E-state index contributed by atoms with van der Waals surface area (Å²) in [4.78, 5) is 8.32. The molecule has 0 atom stereocenters. The van der Waals surface area contributed by atoms with Crippen LogP contribution in [0, 0.1) is 5.82 Å². The summed E-state index contributed by atoms with van der Waals surface area (Å²) in [5.41, 5.74) is 7.85. The van der Waals surface area contributed by atoms with Gasteiger partial charge in [-0.2, -0.15) is 0 Å². The van der Waals surface area contributed by atoms with E-state index in [4.69, 9.17) is 5.73 Å². The minimum atomic E-state index is -0.247. The molecule has 0 bridgehead atoms. The first-order chi connectivity index (χ1) is 9.72. The lowest BCUT2D eigenvalue weighted by Gasteiger charge is -2.08. The highest BCUT2D eigenvalue weighted by Crippen LogP contribution is 2.13. The SMILES string of the molecule is CCCc1cc(NCc2ccc(CN)cc2F)ncn1. The summed E-state index contributed by atoms with van der Waals surface area (Å²) in [5.74, 6) is 0.467. The number of nitrogens with one attached hydrogen (secondary N) is 1. The van der Waals surface area contributed by atoms with Gasteiger partial charge in [0.2, 0.25) is 0 Å². The molecule has 0 radical (unpaired) electrons. The van der Waals surface area contributed by atoms with E-state index in [1.54, 1.807) is 6.07 Å². The number of halogens is 1. The van der Waals surface area contributed by atoms with Crippen molar-refractivity contribution in [3.8, 4) is 0 Å². The maximum Gasteiger partial charge on any atom is 0.129 e. The van der Waals surface area contributed by atoms with Crippen LogP contribution in [-0.2, 0) is 19.5 Å². The van der Waals surface area contributed by atoms with Gasteiger partial charge in [-0.1, -0.05) is 25.5 Å². The first-order valence-electron chi connectivity index (χ1n) is 6.75. The second-order valence-corrected chi connectivity index (χ2v) is 4.63. The van der Waals surface area contributed by atoms with E-state index in [0.717, 1.165) is 24.1 Å². The first-order valence-corrected chi connectivity index (χ1v) is 6.75. The molecule has 2 aromatic rings. The summed E-state index contributed by atoms with van der Waals surface area (Å²) in [6.07, 6.45) is 3.48. The van der Waals surface area contributed by atoms with Gasteiger partial charge in [0.15, 0.2) is 0 Å². The Bertz CT molecular complexity index is 572. The predicted octanol–water partition coefficient (Wildman–Crippen LogP) is 2.64. The average Bonchev–Trinajstić information content (AvgIpc) is 2.46. The highest BCUT2D eigenvalue weighted by Gasteiger charge is 2.04. The van der Waals surface area contributed by atoms with Crippen LogP contribution in [-0.4, -0.2) is 9.97 Å². The van der Waals surface area contributed by atoms with Crippen molar-refractivity contribution >= 4 is 5.82 Å². The van der Waals surface area contributed by atoms with Crippen molar-refractivity contribution in [2.75, 3.05) is 5.32 Å². The van der Waals surface area contributed by atoms with Crippen molar-refractivity contribution in [3.05, 3.63) is 53.2 Å². The van der Waals surface area contributed by atoms with Crippen molar-refractivity contribution in [2.24, 2.45) is 5.73 Å². The summed E-state index contributed by atoms with van der Waals surface area (Å²) in [6.45, 7) is 2.83. The van der Waals surface area contributed by atoms with Crippen LogP contribution in [0.3, 0.4) is 0 Å². The predicted molar refractivity (Wildman–Crippen MR) is 77.6 cm³/mol. The van der Waals surface area contributed by atoms with Gasteiger partial charge in [-0.05, 0) is 18.1 Å². The van der Waals surface area contributed by atoms with Crippen molar-refractivity contribution in [3.63, 3.8) is 0 Å². The minimum Gasteiger partial charge on any atom is -0.366 e. The molecule has 0 spiro atoms. The van der Waals surface area contributed by atoms with Gasteiger partial charge in [0.25, 0.3) is 0 Å². The van der Waals surface area contributed by atoms with E-state index in [-0.39, 0.29) is 5.82 Å². The van der Waals surface area contributed by atoms with E-state index < -0.39 is 0 Å². The Balaban J connectivity index is 2.03. The Morgan fingerprint density at radius 3 is 2.80 bits per heavy atom. The molecular formula is C15H19FN4. The number of hydrogen-bond acceptors (Lipinski definition) is 4. The zero-order chi connectivity index (χ0) is 14.4. The molecule has 1 heterocycles. The summed E-state index contributed by atoms with van der Waals surface area (Å²) in [5, 5.41) is 3.12. The van der Waals surface area contributed by atoms with E-state index in [0.29, 0.717) is 24.5 Å². The molecule has 0 fully saturated rings. The Hall–Kier alpha value is -2.01. The lowest BCUT2D eigenvalue weighted by molar-refractivity contribution is 0.610. The number of aromatic nitrogens is 2. The Kier molecular flexibility index (Phi) is 5.01. The molecule has 20 heavy (non-hydrogen) atoms. The monoisotopic (exact) mass is 274 g/mol. The van der Waals surface area contributed by atoms with E-state index >= 15 is 0 Å². The fourth-order valence-corrected chi connectivity index (χ4v) is 1.93. The standard InChI is InChI=1S/C15H19FN4/c1-2-3-13-7-15(20-10-19-13)18-9-12-5-4-11(8-17)6-14(12)16/h4-7,10H,2-3,8-9,17H2,1H3,(H,18,19,20). The zero-order valence-electron chi connectivity index (χ0n) is 11.6. The van der Waals surface area contributed by atoms with Crippen LogP contribution in [0.15, 0.2) is 30.6 Å². The fraction of sp³-hybridized carbons (Fsp3) is 0.333. The number of nitrogens with two attached hydrogens (primary N) is 1. The van der Waals surface area contributed by atoms with Gasteiger partial charge in [-0.25, -0.2) is 14.4 Å². The largest absolute Gasteiger partial charge is 0.366 e. The van der Waals surface area contributed by atoms with Gasteiger partial charge in [0, 0.05) is 30.4 Å². The molecule has 0 aliphatic carbocycles. The van der Waals surface area contributed by atoms with Crippen LogP contribution in [0.1, 0.15) is 30.2 Å². The highest BCUT2D eigenvalue weighted by atomic mass is 19.1. The molecule has 1 aromatic heterocycles. The smallest absolute Gasteiger partial charge is 0.129 e. The summed E-state index contributed by atoms with van der Waals surface area (Å²) in [7, 11) is 0. The Labute approximate surface area is 118 Å². The normalized spacial score (nSPS) is 10.6. The Morgan fingerprint density at radius 2 is 2.10 bits per heavy atom. The molecule has 0 amide bonds. The van der Waals surface area contributed by atoms with Gasteiger partial charge in [-0.15, -0.1) is 0 Å². The zero-order valence-corrected chi connectivity index (χ0v) is 11.6. The molecule has 1 aromatic carbocycles. The number of aryl methyl sites for hydroxylation is 1. The van der Waals surface area contributed by atoms with E-state index in [1.807, 2.05) is 12.1 Å². The van der Waals surface area contributed by atoms with E-state index in [9.17, 15) is 4.39 Å². The van der Waals surface area contributed by atoms with Crippen LogP contribution in [0.5, 0.6) is 0 Å². The van der Waals surface area contributed by atoms with Gasteiger partial charge >= 0.3 is 0 Å². The van der Waals surface area contributed by atoms with Crippen LogP contribution in [0.25, 0.3) is 0 Å². The van der Waals surface area contributed by atoms with Crippen LogP contribution < -0.4 is 11.1 Å². The molecular weight excluding hydrogens is 255 g/mol. The first kappa shape index (κ1) is 14.4. The van der Waals surface area contributed by atoms with E-state index in [2.05, 4.69) is 22.2 Å². The number of hydrogen-bond donors (Lipinski definition) is 2. The molecule has 5 heteroatoms. The van der Waals surface area contributed by atoms with E-state index in [1.165, 1.54) is 12.4 Å². The summed E-state index contributed by atoms with van der Waals surface area (Å²) < 4.78 is 13.8. The second kappa shape index (κ2) is 6.96. The molecule has 0 unspecified atom stereocenters. The summed E-state index contributed by atoms with van der Waals surface area (Å²) >= 11 is 0. The molecule has 3 N–H and O–H groups in total. The van der Waals surface area contributed by atoms with Gasteiger partial charge in [0.05, 0.1) is 0 Å². The molecule has 106 valence electrons. The highest BCUT2D eigenvalue weighted by molar-refractivity contribution is 5.37. The topological polar surface area (TPSA) is 63.8 Å². The molecule has 0 aliphatic heterocycles. The van der Waals surface area contributed by atoms with Crippen LogP contribution in [0.4, 0.5) is 10.2 Å². The van der Waals surface area contributed by atoms with Crippen LogP contribution in [0.2, 0.25) is 0 Å². The van der Waals surface area contributed by atoms with Crippen molar-refractivity contribution in [1.29, 1.82) is 0 Å². The maximum atomic E-state index is 13.8. The number of rotatable bonds is 6. The lowest BCUT2D eigenvalue weighted by atomic mass is 10.1. The molecule has 0 saturated heterocycles. The quantitative estimate of drug-likeness (QED) is 0.850. The van der Waals surface area contributed by atoms with Crippen molar-refractivity contribution in [1.82, 2.24) is 9.97 Å². The Morgan fingerprint density at radius 1 is 1.25 bits per heavy atom. The van der Waals surface area contributed by atoms with Gasteiger partial charge in [-0.3, -0.25) is 0 Å². The minimum absolute atomic E-state index is 0.247. The average molecular weight is 274 g/mol. The third-order valence-corrected chi connectivity index (χ3v) is 3.04. The van der Waals surface area contributed by atoms with Gasteiger partial charge < -0.3 is 11.1 Å². The molecule has 2 rings (SSSR count). The molecule has 4 nitrogen and oxygen atoms in total. The number of nitrogens with zero attached hydrogens (tertiary/aromatic N) is 2. The molecule has 0 saturated carbocycles. The third kappa shape index (κ3) is 3.74. The molecule has 0 aliphatic rings. The summed E-state index contributed by atoms with van der Waals surface area (Å²) in [6, 6.07) is 6.95. The van der Waals surface area contributed by atoms with Crippen molar-refractivity contribution < 1.29 is 4.39 Å². The van der Waals surface area contributed by atoms with Gasteiger partial charge in [0.1, 0.15) is 18.0 Å². The number of anilines is 1. The number of benzene rings is 1. The lowest BCUT2D eigenvalue weighted by Crippen LogP contribution is -2.06.